The molecule has 1 aromatic rings. The molecule has 0 unspecified atom stereocenters. The first-order valence-corrected chi connectivity index (χ1v) is 11.7. The van der Waals surface area contributed by atoms with Crippen LogP contribution in [-0.2, 0) is 31.1 Å². The van der Waals surface area contributed by atoms with Crippen molar-refractivity contribution in [2.45, 2.75) is 35.6 Å². The van der Waals surface area contributed by atoms with Gasteiger partial charge in [0, 0.05) is 25.0 Å². The molecule has 0 saturated carbocycles. The summed E-state index contributed by atoms with van der Waals surface area (Å²) in [5, 5.41) is 1.63. The van der Waals surface area contributed by atoms with Crippen molar-refractivity contribution < 1.29 is 21.6 Å². The number of piperidine rings is 1. The number of hydrogen-bond acceptors (Lipinski definition) is 6. The largest absolute Gasteiger partial charge is 0.358 e. The first-order chi connectivity index (χ1) is 11.2. The Balaban J connectivity index is 2.05. The van der Waals surface area contributed by atoms with Crippen molar-refractivity contribution in [3.63, 3.8) is 0 Å². The minimum absolute atomic E-state index is 0.152. The average molecular weight is 395 g/mol. The Bertz CT molecular complexity index is 790. The second-order valence-corrected chi connectivity index (χ2v) is 11.3. The summed E-state index contributed by atoms with van der Waals surface area (Å²) in [7, 11) is -5.74. The van der Waals surface area contributed by atoms with Crippen LogP contribution in [0, 0.1) is 0 Å². The van der Waals surface area contributed by atoms with E-state index in [4.69, 9.17) is 0 Å². The molecule has 1 saturated heterocycles. The van der Waals surface area contributed by atoms with Gasteiger partial charge in [-0.1, -0.05) is 6.92 Å². The number of carbonyl (C=O) groups is 1. The number of amides is 1. The van der Waals surface area contributed by atoms with E-state index in [2.05, 4.69) is 5.32 Å². The van der Waals surface area contributed by atoms with Crippen LogP contribution in [0.1, 0.15) is 24.6 Å². The van der Waals surface area contributed by atoms with Crippen molar-refractivity contribution in [3.05, 3.63) is 17.0 Å². The number of nitrogens with zero attached hydrogens (tertiary/aromatic N) is 1. The molecule has 10 heteroatoms. The van der Waals surface area contributed by atoms with E-state index in [0.29, 0.717) is 4.21 Å². The van der Waals surface area contributed by atoms with Gasteiger partial charge in [0.25, 0.3) is 10.0 Å². The molecule has 0 atom stereocenters. The number of rotatable bonds is 6. The summed E-state index contributed by atoms with van der Waals surface area (Å²) in [5.74, 6) is -1.10. The number of nitrogens with one attached hydrogen (secondary N) is 1. The zero-order valence-electron chi connectivity index (χ0n) is 13.7. The molecule has 7 nitrogen and oxygen atoms in total. The molecule has 0 bridgehead atoms. The van der Waals surface area contributed by atoms with E-state index in [1.807, 2.05) is 6.92 Å². The molecule has 1 aromatic heterocycles. The van der Waals surface area contributed by atoms with Crippen LogP contribution in [0.4, 0.5) is 0 Å². The summed E-state index contributed by atoms with van der Waals surface area (Å²) in [6.45, 7) is 2.27. The molecule has 1 aliphatic heterocycles. The lowest BCUT2D eigenvalue weighted by atomic mass is 10.2. The second-order valence-electron chi connectivity index (χ2n) is 5.66. The van der Waals surface area contributed by atoms with Crippen molar-refractivity contribution in [3.8, 4) is 0 Å². The lowest BCUT2D eigenvalue weighted by Crippen LogP contribution is -2.44. The van der Waals surface area contributed by atoms with Crippen molar-refractivity contribution in [2.24, 2.45) is 0 Å². The second kappa shape index (κ2) is 7.51. The van der Waals surface area contributed by atoms with Gasteiger partial charge >= 0.3 is 0 Å². The topological polar surface area (TPSA) is 101 Å². The highest BCUT2D eigenvalue weighted by Gasteiger charge is 2.36. The van der Waals surface area contributed by atoms with Crippen molar-refractivity contribution in [1.82, 2.24) is 9.62 Å². The Morgan fingerprint density at radius 2 is 1.88 bits per heavy atom. The summed E-state index contributed by atoms with van der Waals surface area (Å²) < 4.78 is 51.3. The van der Waals surface area contributed by atoms with Crippen LogP contribution >= 0.6 is 11.3 Å². The van der Waals surface area contributed by atoms with E-state index >= 15 is 0 Å². The van der Waals surface area contributed by atoms with E-state index in [9.17, 15) is 21.6 Å². The van der Waals surface area contributed by atoms with Gasteiger partial charge < -0.3 is 5.32 Å². The molecule has 24 heavy (non-hydrogen) atoms. The van der Waals surface area contributed by atoms with E-state index in [-0.39, 0.29) is 25.9 Å². The van der Waals surface area contributed by atoms with Gasteiger partial charge in [0.05, 0.1) is 5.25 Å². The Morgan fingerprint density at radius 1 is 1.25 bits per heavy atom. The van der Waals surface area contributed by atoms with Crippen LogP contribution in [0.3, 0.4) is 0 Å². The third kappa shape index (κ3) is 4.16. The molecule has 2 heterocycles. The summed E-state index contributed by atoms with van der Waals surface area (Å²) in [4.78, 5) is 12.3. The van der Waals surface area contributed by atoms with Gasteiger partial charge in [0.1, 0.15) is 9.96 Å². The highest BCUT2D eigenvalue weighted by atomic mass is 32.2. The molecule has 136 valence electrons. The van der Waals surface area contributed by atoms with Crippen molar-refractivity contribution in [2.75, 3.05) is 25.9 Å². The molecule has 0 aliphatic carbocycles. The minimum Gasteiger partial charge on any atom is -0.358 e. The number of sulfone groups is 1. The third-order valence-electron chi connectivity index (χ3n) is 4.10. The number of thiophene rings is 1. The zero-order chi connectivity index (χ0) is 18.0. The van der Waals surface area contributed by atoms with Crippen LogP contribution in [0.25, 0.3) is 0 Å². The first-order valence-electron chi connectivity index (χ1n) is 7.71. The van der Waals surface area contributed by atoms with Gasteiger partial charge in [-0.3, -0.25) is 4.79 Å². The van der Waals surface area contributed by atoms with Crippen molar-refractivity contribution >= 4 is 37.1 Å². The van der Waals surface area contributed by atoms with Gasteiger partial charge in [-0.15, -0.1) is 11.3 Å². The highest BCUT2D eigenvalue weighted by molar-refractivity contribution is 7.92. The number of carbonyl (C=O) groups excluding carboxylic acids is 1. The fourth-order valence-electron chi connectivity index (χ4n) is 2.62. The molecular formula is C14H22N2O5S3. The summed E-state index contributed by atoms with van der Waals surface area (Å²) in [5.41, 5.74) is 0. The Hall–Kier alpha value is -0.970. The van der Waals surface area contributed by atoms with E-state index in [1.54, 1.807) is 12.1 Å². The standard InChI is InChI=1S/C14H22N2O5S3/c1-3-11-4-5-14(22-11)24(20,21)16-8-6-12(7-9-16)23(18,19)10-13(17)15-2/h4-5,12H,3,6-10H2,1-2H3,(H,15,17). The summed E-state index contributed by atoms with van der Waals surface area (Å²) in [6.07, 6.45) is 1.20. The summed E-state index contributed by atoms with van der Waals surface area (Å²) >= 11 is 1.25. The number of sulfonamides is 1. The fraction of sp³-hybridized carbons (Fsp3) is 0.643. The number of hydrogen-bond donors (Lipinski definition) is 1. The van der Waals surface area contributed by atoms with E-state index < -0.39 is 36.8 Å². The molecule has 2 rings (SSSR count). The predicted octanol–water partition coefficient (Wildman–Crippen LogP) is 0.624. The monoisotopic (exact) mass is 394 g/mol. The summed E-state index contributed by atoms with van der Waals surface area (Å²) in [6, 6.07) is 3.41. The lowest BCUT2D eigenvalue weighted by Gasteiger charge is -2.30. The molecule has 1 fully saturated rings. The van der Waals surface area contributed by atoms with Crippen LogP contribution in [0.2, 0.25) is 0 Å². The Labute approximate surface area is 147 Å². The minimum atomic E-state index is -3.57. The fourth-order valence-corrected chi connectivity index (χ4v) is 7.21. The van der Waals surface area contributed by atoms with Crippen LogP contribution < -0.4 is 5.32 Å². The van der Waals surface area contributed by atoms with Gasteiger partial charge in [0.15, 0.2) is 9.84 Å². The normalized spacial score (nSPS) is 17.8. The Kier molecular flexibility index (Phi) is 6.05. The Morgan fingerprint density at radius 3 is 2.38 bits per heavy atom. The lowest BCUT2D eigenvalue weighted by molar-refractivity contribution is -0.118. The maximum absolute atomic E-state index is 12.6. The zero-order valence-corrected chi connectivity index (χ0v) is 16.1. The maximum atomic E-state index is 12.6. The van der Waals surface area contributed by atoms with Crippen molar-refractivity contribution in [1.29, 1.82) is 0 Å². The van der Waals surface area contributed by atoms with Gasteiger partial charge in [-0.2, -0.15) is 4.31 Å². The quantitative estimate of drug-likeness (QED) is 0.762. The average Bonchev–Trinajstić information content (AvgIpc) is 3.04. The molecule has 0 aromatic carbocycles. The van der Waals surface area contributed by atoms with Crippen LogP contribution in [0.15, 0.2) is 16.3 Å². The third-order valence-corrected chi connectivity index (χ3v) is 9.85. The van der Waals surface area contributed by atoms with Gasteiger partial charge in [0.2, 0.25) is 5.91 Å². The van der Waals surface area contributed by atoms with E-state index in [0.717, 1.165) is 11.3 Å². The first kappa shape index (κ1) is 19.4. The molecule has 0 radical (unpaired) electrons. The van der Waals surface area contributed by atoms with Gasteiger partial charge in [-0.25, -0.2) is 16.8 Å². The van der Waals surface area contributed by atoms with Gasteiger partial charge in [-0.05, 0) is 31.4 Å². The van der Waals surface area contributed by atoms with Crippen LogP contribution in [-0.4, -0.2) is 58.2 Å². The molecule has 1 amide bonds. The molecule has 0 spiro atoms. The number of aryl methyl sites for hydroxylation is 1. The van der Waals surface area contributed by atoms with E-state index in [1.165, 1.54) is 22.7 Å². The maximum Gasteiger partial charge on any atom is 0.252 e. The molecular weight excluding hydrogens is 372 g/mol. The van der Waals surface area contributed by atoms with Crippen LogP contribution in [0.5, 0.6) is 0 Å². The predicted molar refractivity (Wildman–Crippen MR) is 93.3 cm³/mol. The smallest absolute Gasteiger partial charge is 0.252 e. The highest BCUT2D eigenvalue weighted by Crippen LogP contribution is 2.28. The molecule has 1 N–H and O–H groups in total. The molecule has 1 aliphatic rings. The SMILES string of the molecule is CCc1ccc(S(=O)(=O)N2CCC(S(=O)(=O)CC(=O)NC)CC2)s1.